The van der Waals surface area contributed by atoms with Crippen LogP contribution >= 0.6 is 0 Å². The first-order chi connectivity index (χ1) is 11.5. The Hall–Kier alpha value is -2.81. The van der Waals surface area contributed by atoms with Gasteiger partial charge in [-0.25, -0.2) is 0 Å². The summed E-state index contributed by atoms with van der Waals surface area (Å²) in [6, 6.07) is 16.6. The lowest BCUT2D eigenvalue weighted by molar-refractivity contribution is 0.590. The molecule has 3 heterocycles. The van der Waals surface area contributed by atoms with Crippen molar-refractivity contribution in [3.8, 4) is 0 Å². The van der Waals surface area contributed by atoms with Gasteiger partial charge in [0.15, 0.2) is 0 Å². The maximum atomic E-state index is 5.95. The fourth-order valence-corrected chi connectivity index (χ4v) is 3.30. The highest BCUT2D eigenvalue weighted by Gasteiger charge is 2.18. The van der Waals surface area contributed by atoms with Crippen molar-refractivity contribution in [2.24, 2.45) is 0 Å². The number of para-hydroxylation sites is 1. The van der Waals surface area contributed by atoms with Crippen LogP contribution < -0.4 is 0 Å². The van der Waals surface area contributed by atoms with Gasteiger partial charge in [-0.1, -0.05) is 45.0 Å². The molecular weight excluding hydrogens is 298 g/mol. The van der Waals surface area contributed by atoms with Gasteiger partial charge in [-0.15, -0.1) is 0 Å². The fourth-order valence-electron chi connectivity index (χ4n) is 3.30. The summed E-state index contributed by atoms with van der Waals surface area (Å²) in [5.41, 5.74) is 4.35. The fraction of sp³-hybridized carbons (Fsp3) is 0.190. The molecule has 0 unspecified atom stereocenters. The van der Waals surface area contributed by atoms with Crippen LogP contribution in [0.25, 0.3) is 44.1 Å². The smallest absolute Gasteiger partial charge is 0.230 e. The molecular formula is C21H17NO2. The first-order valence-electron chi connectivity index (χ1n) is 8.16. The summed E-state index contributed by atoms with van der Waals surface area (Å²) >= 11 is 0. The van der Waals surface area contributed by atoms with E-state index in [0.717, 1.165) is 32.7 Å². The molecule has 3 heteroatoms. The monoisotopic (exact) mass is 315 g/mol. The first kappa shape index (κ1) is 13.6. The molecule has 0 atom stereocenters. The van der Waals surface area contributed by atoms with Gasteiger partial charge in [0.2, 0.25) is 11.4 Å². The molecule has 0 bridgehead atoms. The van der Waals surface area contributed by atoms with E-state index in [1.165, 1.54) is 5.56 Å². The standard InChI is InChI=1S/C21H17NO2/c1-21(2,3)12-8-9-18-14(10-12)16-11-15-13-6-4-5-7-17(13)23-19(15)22-20(16)24-18/h4-11H,1-3H3. The van der Waals surface area contributed by atoms with Crippen LogP contribution in [0.2, 0.25) is 0 Å². The number of hydrogen-bond acceptors (Lipinski definition) is 3. The van der Waals surface area contributed by atoms with Crippen LogP contribution in [0.4, 0.5) is 0 Å². The van der Waals surface area contributed by atoms with Gasteiger partial charge >= 0.3 is 0 Å². The van der Waals surface area contributed by atoms with Crippen molar-refractivity contribution in [1.29, 1.82) is 0 Å². The van der Waals surface area contributed by atoms with Crippen molar-refractivity contribution in [1.82, 2.24) is 4.98 Å². The van der Waals surface area contributed by atoms with Crippen LogP contribution in [0.1, 0.15) is 26.3 Å². The van der Waals surface area contributed by atoms with E-state index in [1.807, 2.05) is 24.3 Å². The number of pyridine rings is 1. The van der Waals surface area contributed by atoms with Crippen molar-refractivity contribution in [2.75, 3.05) is 0 Å². The highest BCUT2D eigenvalue weighted by molar-refractivity contribution is 6.12. The number of fused-ring (bicyclic) bond motifs is 6. The van der Waals surface area contributed by atoms with Crippen molar-refractivity contribution < 1.29 is 8.83 Å². The van der Waals surface area contributed by atoms with Gasteiger partial charge in [0.25, 0.3) is 0 Å². The molecule has 0 aliphatic carbocycles. The van der Waals surface area contributed by atoms with Crippen molar-refractivity contribution in [3.05, 3.63) is 54.1 Å². The Kier molecular flexibility index (Phi) is 2.49. The first-order valence-corrected chi connectivity index (χ1v) is 8.16. The highest BCUT2D eigenvalue weighted by atomic mass is 16.4. The molecule has 118 valence electrons. The minimum absolute atomic E-state index is 0.0949. The molecule has 0 aliphatic heterocycles. The van der Waals surface area contributed by atoms with E-state index in [-0.39, 0.29) is 5.41 Å². The second-order valence-corrected chi connectivity index (χ2v) is 7.36. The van der Waals surface area contributed by atoms with Gasteiger partial charge in [-0.2, -0.15) is 4.98 Å². The van der Waals surface area contributed by atoms with Gasteiger partial charge in [0, 0.05) is 21.5 Å². The second-order valence-electron chi connectivity index (χ2n) is 7.36. The summed E-state index contributed by atoms with van der Waals surface area (Å²) in [6.45, 7) is 6.66. The van der Waals surface area contributed by atoms with Crippen molar-refractivity contribution in [2.45, 2.75) is 26.2 Å². The third-order valence-corrected chi connectivity index (χ3v) is 4.68. The van der Waals surface area contributed by atoms with Crippen LogP contribution in [0.15, 0.2) is 57.4 Å². The topological polar surface area (TPSA) is 39.2 Å². The SMILES string of the molecule is CC(C)(C)c1ccc2oc3nc4oc5ccccc5c4cc3c2c1. The van der Waals surface area contributed by atoms with Crippen LogP contribution in [0.3, 0.4) is 0 Å². The lowest BCUT2D eigenvalue weighted by atomic mass is 9.86. The number of aromatic nitrogens is 1. The van der Waals surface area contributed by atoms with Crippen molar-refractivity contribution >= 4 is 44.1 Å². The second kappa shape index (κ2) is 4.38. The zero-order valence-electron chi connectivity index (χ0n) is 13.9. The summed E-state index contributed by atoms with van der Waals surface area (Å²) < 4.78 is 11.8. The largest absolute Gasteiger partial charge is 0.438 e. The quantitative estimate of drug-likeness (QED) is 0.342. The molecule has 3 aromatic heterocycles. The Morgan fingerprint density at radius 3 is 2.12 bits per heavy atom. The molecule has 0 saturated heterocycles. The summed E-state index contributed by atoms with van der Waals surface area (Å²) in [5.74, 6) is 0. The molecule has 5 aromatic rings. The highest BCUT2D eigenvalue weighted by Crippen LogP contribution is 2.36. The maximum Gasteiger partial charge on any atom is 0.230 e. The minimum atomic E-state index is 0.0949. The summed E-state index contributed by atoms with van der Waals surface area (Å²) in [5, 5.41) is 4.26. The van der Waals surface area contributed by atoms with E-state index in [2.05, 4.69) is 50.0 Å². The maximum absolute atomic E-state index is 5.95. The van der Waals surface area contributed by atoms with Gasteiger partial charge < -0.3 is 8.83 Å². The number of benzene rings is 2. The molecule has 0 amide bonds. The van der Waals surface area contributed by atoms with Crippen LogP contribution in [0, 0.1) is 0 Å². The van der Waals surface area contributed by atoms with E-state index < -0.39 is 0 Å². The molecule has 2 aromatic carbocycles. The zero-order valence-corrected chi connectivity index (χ0v) is 13.9. The number of furan rings is 2. The van der Waals surface area contributed by atoms with Gasteiger partial charge in [-0.05, 0) is 35.2 Å². The van der Waals surface area contributed by atoms with Crippen molar-refractivity contribution in [3.63, 3.8) is 0 Å². The van der Waals surface area contributed by atoms with Gasteiger partial charge in [0.1, 0.15) is 11.2 Å². The van der Waals surface area contributed by atoms with Crippen LogP contribution in [-0.2, 0) is 5.41 Å². The van der Waals surface area contributed by atoms with E-state index >= 15 is 0 Å². The predicted octanol–water partition coefficient (Wildman–Crippen LogP) is 6.18. The number of rotatable bonds is 0. The van der Waals surface area contributed by atoms with E-state index in [1.54, 1.807) is 0 Å². The van der Waals surface area contributed by atoms with Gasteiger partial charge in [0.05, 0.1) is 0 Å². The van der Waals surface area contributed by atoms with E-state index in [4.69, 9.17) is 8.83 Å². The van der Waals surface area contributed by atoms with Crippen LogP contribution in [-0.4, -0.2) is 4.98 Å². The number of nitrogens with zero attached hydrogens (tertiary/aromatic N) is 1. The van der Waals surface area contributed by atoms with Crippen LogP contribution in [0.5, 0.6) is 0 Å². The average Bonchev–Trinajstić information content (AvgIpc) is 3.08. The predicted molar refractivity (Wildman–Crippen MR) is 97.5 cm³/mol. The Morgan fingerprint density at radius 2 is 1.38 bits per heavy atom. The Bertz CT molecular complexity index is 1240. The molecule has 5 rings (SSSR count). The summed E-state index contributed by atoms with van der Waals surface area (Å²) in [6.07, 6.45) is 0. The van der Waals surface area contributed by atoms with E-state index in [0.29, 0.717) is 11.4 Å². The third kappa shape index (κ3) is 1.81. The molecule has 0 fully saturated rings. The minimum Gasteiger partial charge on any atom is -0.438 e. The Morgan fingerprint density at radius 1 is 0.708 bits per heavy atom. The van der Waals surface area contributed by atoms with Gasteiger partial charge in [-0.3, -0.25) is 0 Å². The molecule has 3 nitrogen and oxygen atoms in total. The zero-order chi connectivity index (χ0) is 16.5. The average molecular weight is 315 g/mol. The van der Waals surface area contributed by atoms with E-state index in [9.17, 15) is 0 Å². The lowest BCUT2D eigenvalue weighted by Gasteiger charge is -2.18. The molecule has 0 saturated carbocycles. The summed E-state index contributed by atoms with van der Waals surface area (Å²) in [7, 11) is 0. The molecule has 0 spiro atoms. The summed E-state index contributed by atoms with van der Waals surface area (Å²) in [4.78, 5) is 4.61. The number of hydrogen-bond donors (Lipinski definition) is 0. The normalized spacial score (nSPS) is 12.8. The Balaban J connectivity index is 1.91. The lowest BCUT2D eigenvalue weighted by Crippen LogP contribution is -2.10. The molecule has 0 aliphatic rings. The third-order valence-electron chi connectivity index (χ3n) is 4.68. The molecule has 24 heavy (non-hydrogen) atoms. The molecule has 0 radical (unpaired) electrons. The molecule has 0 N–H and O–H groups in total. The Labute approximate surface area is 138 Å².